The largest absolute Gasteiger partial charge is 0.465 e. The summed E-state index contributed by atoms with van der Waals surface area (Å²) in [6, 6.07) is 18.0. The predicted octanol–water partition coefficient (Wildman–Crippen LogP) is 5.43. The van der Waals surface area contributed by atoms with Gasteiger partial charge in [-0.2, -0.15) is 5.10 Å². The molecule has 5 nitrogen and oxygen atoms in total. The molecule has 6 heteroatoms. The number of aryl methyl sites for hydroxylation is 1. The zero-order chi connectivity index (χ0) is 20.5. The Labute approximate surface area is 175 Å². The van der Waals surface area contributed by atoms with Gasteiger partial charge in [0.05, 0.1) is 35.8 Å². The molecule has 0 saturated carbocycles. The molecule has 0 radical (unpaired) electrons. The lowest BCUT2D eigenvalue weighted by Crippen LogP contribution is -2.18. The van der Waals surface area contributed by atoms with Crippen LogP contribution in [0.1, 0.15) is 45.3 Å². The fraction of sp³-hybridized carbons (Fsp3) is 0.217. The van der Waals surface area contributed by atoms with Crippen LogP contribution in [-0.4, -0.2) is 23.8 Å². The summed E-state index contributed by atoms with van der Waals surface area (Å²) in [5.74, 6) is -0.338. The van der Waals surface area contributed by atoms with Gasteiger partial charge in [0.15, 0.2) is 0 Å². The molecule has 1 aromatic heterocycles. The molecule has 1 aliphatic heterocycles. The summed E-state index contributed by atoms with van der Waals surface area (Å²) in [6.07, 6.45) is 0.706. The van der Waals surface area contributed by atoms with E-state index in [1.54, 1.807) is 0 Å². The molecule has 1 N–H and O–H groups in total. The normalized spacial score (nSPS) is 16.1. The molecule has 0 fully saturated rings. The van der Waals surface area contributed by atoms with Gasteiger partial charge in [-0.3, -0.25) is 5.01 Å². The molecular formula is C23H22ClN3O2. The molecule has 0 bridgehead atoms. The number of ether oxygens (including phenoxy) is 1. The number of aromatic amines is 1. The smallest absolute Gasteiger partial charge is 0.339 e. The molecular weight excluding hydrogens is 386 g/mol. The number of esters is 1. The maximum absolute atomic E-state index is 12.2. The van der Waals surface area contributed by atoms with Crippen LogP contribution in [-0.2, 0) is 4.74 Å². The molecule has 3 aromatic rings. The van der Waals surface area contributed by atoms with Gasteiger partial charge in [0.25, 0.3) is 0 Å². The van der Waals surface area contributed by atoms with Gasteiger partial charge in [-0.05, 0) is 49.2 Å². The van der Waals surface area contributed by atoms with Crippen LogP contribution in [0, 0.1) is 13.8 Å². The number of carbonyl (C=O) groups is 1. The highest BCUT2D eigenvalue weighted by atomic mass is 35.5. The van der Waals surface area contributed by atoms with Crippen LogP contribution in [0.3, 0.4) is 0 Å². The van der Waals surface area contributed by atoms with Crippen LogP contribution < -0.4 is 5.01 Å². The van der Waals surface area contributed by atoms with Gasteiger partial charge < -0.3 is 9.72 Å². The molecule has 29 heavy (non-hydrogen) atoms. The summed E-state index contributed by atoms with van der Waals surface area (Å²) in [4.78, 5) is 15.5. The molecule has 2 heterocycles. The van der Waals surface area contributed by atoms with Crippen LogP contribution in [0.2, 0.25) is 5.02 Å². The standard InChI is InChI=1S/C23H22ClN3O2/c1-14-21(23(28)29-3)15(2)25-22(14)19-13-20(16-9-11-17(24)12-10-16)27(26-19)18-7-5-4-6-8-18/h4-12,20,25H,13H2,1-3H3/t20-/m0/s1. The van der Waals surface area contributed by atoms with E-state index in [1.165, 1.54) is 7.11 Å². The number of benzene rings is 2. The maximum atomic E-state index is 12.2. The number of carbonyl (C=O) groups excluding carboxylic acids is 1. The minimum absolute atomic E-state index is 0.0363. The Balaban J connectivity index is 1.77. The summed E-state index contributed by atoms with van der Waals surface area (Å²) in [5, 5.41) is 7.68. The number of nitrogens with zero attached hydrogens (tertiary/aromatic N) is 2. The molecule has 4 rings (SSSR count). The number of aromatic nitrogens is 1. The molecule has 0 saturated heterocycles. The van der Waals surface area contributed by atoms with Crippen LogP contribution >= 0.6 is 11.6 Å². The molecule has 0 aliphatic carbocycles. The van der Waals surface area contributed by atoms with E-state index < -0.39 is 0 Å². The lowest BCUT2D eigenvalue weighted by molar-refractivity contribution is 0.0599. The number of hydrogen-bond donors (Lipinski definition) is 1. The van der Waals surface area contributed by atoms with Crippen molar-refractivity contribution in [3.63, 3.8) is 0 Å². The summed E-state index contributed by atoms with van der Waals surface area (Å²) >= 11 is 6.09. The van der Waals surface area contributed by atoms with E-state index in [0.717, 1.165) is 33.9 Å². The van der Waals surface area contributed by atoms with Crippen molar-refractivity contribution in [3.05, 3.63) is 87.7 Å². The van der Waals surface area contributed by atoms with Gasteiger partial charge >= 0.3 is 5.97 Å². The number of H-pyrrole nitrogens is 1. The number of nitrogens with one attached hydrogen (secondary N) is 1. The average molecular weight is 408 g/mol. The van der Waals surface area contributed by atoms with Gasteiger partial charge in [0.1, 0.15) is 0 Å². The fourth-order valence-electron chi connectivity index (χ4n) is 3.87. The Hall–Kier alpha value is -3.05. The van der Waals surface area contributed by atoms with E-state index in [1.807, 2.05) is 73.5 Å². The van der Waals surface area contributed by atoms with E-state index in [-0.39, 0.29) is 12.0 Å². The molecule has 0 spiro atoms. The SMILES string of the molecule is COC(=O)c1c(C)[nH]c(C2=NN(c3ccccc3)[C@H](c3ccc(Cl)cc3)C2)c1C. The van der Waals surface area contributed by atoms with Crippen molar-refractivity contribution >= 4 is 29.0 Å². The number of methoxy groups -OCH3 is 1. The summed E-state index contributed by atoms with van der Waals surface area (Å²) < 4.78 is 4.94. The average Bonchev–Trinajstić information content (AvgIpc) is 3.30. The Bertz CT molecular complexity index is 1070. The van der Waals surface area contributed by atoms with E-state index in [9.17, 15) is 4.79 Å². The second-order valence-corrected chi connectivity index (χ2v) is 7.55. The van der Waals surface area contributed by atoms with Crippen molar-refractivity contribution in [2.45, 2.75) is 26.3 Å². The fourth-order valence-corrected chi connectivity index (χ4v) is 4.00. The topological polar surface area (TPSA) is 57.7 Å². The van der Waals surface area contributed by atoms with Crippen LogP contribution in [0.4, 0.5) is 5.69 Å². The van der Waals surface area contributed by atoms with Gasteiger partial charge in [0, 0.05) is 17.1 Å². The highest BCUT2D eigenvalue weighted by Crippen LogP contribution is 2.37. The summed E-state index contributed by atoms with van der Waals surface area (Å²) in [6.45, 7) is 3.81. The van der Waals surface area contributed by atoms with Crippen molar-refractivity contribution in [1.82, 2.24) is 4.98 Å². The highest BCUT2D eigenvalue weighted by molar-refractivity contribution is 6.30. The lowest BCUT2D eigenvalue weighted by Gasteiger charge is -2.24. The van der Waals surface area contributed by atoms with E-state index in [4.69, 9.17) is 21.4 Å². The number of anilines is 1. The third-order valence-electron chi connectivity index (χ3n) is 5.30. The van der Waals surface area contributed by atoms with E-state index in [0.29, 0.717) is 17.0 Å². The minimum atomic E-state index is -0.338. The van der Waals surface area contributed by atoms with Crippen LogP contribution in [0.25, 0.3) is 0 Å². The second kappa shape index (κ2) is 7.76. The van der Waals surface area contributed by atoms with Crippen LogP contribution in [0.5, 0.6) is 0 Å². The van der Waals surface area contributed by atoms with Gasteiger partial charge in [-0.1, -0.05) is 41.9 Å². The third kappa shape index (κ3) is 3.54. The quantitative estimate of drug-likeness (QED) is 0.587. The first-order chi connectivity index (χ1) is 14.0. The lowest BCUT2D eigenvalue weighted by atomic mass is 9.98. The molecule has 1 aliphatic rings. The Morgan fingerprint density at radius 2 is 1.83 bits per heavy atom. The molecule has 148 valence electrons. The first kappa shape index (κ1) is 19.3. The Morgan fingerprint density at radius 1 is 1.14 bits per heavy atom. The number of hydrogen-bond acceptors (Lipinski definition) is 4. The Morgan fingerprint density at radius 3 is 2.48 bits per heavy atom. The third-order valence-corrected chi connectivity index (χ3v) is 5.55. The molecule has 0 unspecified atom stereocenters. The van der Waals surface area contributed by atoms with E-state index in [2.05, 4.69) is 4.98 Å². The Kier molecular flexibility index (Phi) is 5.16. The van der Waals surface area contributed by atoms with Crippen molar-refractivity contribution in [2.75, 3.05) is 12.1 Å². The van der Waals surface area contributed by atoms with Gasteiger partial charge in [-0.15, -0.1) is 0 Å². The van der Waals surface area contributed by atoms with E-state index >= 15 is 0 Å². The minimum Gasteiger partial charge on any atom is -0.465 e. The van der Waals surface area contributed by atoms with Gasteiger partial charge in [0.2, 0.25) is 0 Å². The predicted molar refractivity (Wildman–Crippen MR) is 116 cm³/mol. The van der Waals surface area contributed by atoms with Crippen molar-refractivity contribution in [2.24, 2.45) is 5.10 Å². The number of hydrazone groups is 1. The monoisotopic (exact) mass is 407 g/mol. The number of rotatable bonds is 4. The second-order valence-electron chi connectivity index (χ2n) is 7.11. The van der Waals surface area contributed by atoms with Crippen molar-refractivity contribution in [3.8, 4) is 0 Å². The van der Waals surface area contributed by atoms with Crippen LogP contribution in [0.15, 0.2) is 59.7 Å². The molecule has 1 atom stereocenters. The maximum Gasteiger partial charge on any atom is 0.339 e. The summed E-state index contributed by atoms with van der Waals surface area (Å²) in [7, 11) is 1.40. The number of para-hydroxylation sites is 1. The first-order valence-electron chi connectivity index (χ1n) is 9.44. The zero-order valence-corrected chi connectivity index (χ0v) is 17.3. The van der Waals surface area contributed by atoms with Crippen molar-refractivity contribution in [1.29, 1.82) is 0 Å². The summed E-state index contributed by atoms with van der Waals surface area (Å²) in [5.41, 5.74) is 6.14. The molecule has 2 aromatic carbocycles. The molecule has 0 amide bonds. The zero-order valence-electron chi connectivity index (χ0n) is 16.6. The highest BCUT2D eigenvalue weighted by Gasteiger charge is 2.32. The van der Waals surface area contributed by atoms with Gasteiger partial charge in [-0.25, -0.2) is 4.79 Å². The number of halogens is 1. The van der Waals surface area contributed by atoms with Crippen molar-refractivity contribution < 1.29 is 9.53 Å². The first-order valence-corrected chi connectivity index (χ1v) is 9.82.